The topological polar surface area (TPSA) is 97.1 Å². The first-order valence-electron chi connectivity index (χ1n) is 5.63. The number of hydrogen-bond acceptors (Lipinski definition) is 5. The predicted octanol–water partition coefficient (Wildman–Crippen LogP) is 0.347. The molecule has 0 unspecified atom stereocenters. The third-order valence-electron chi connectivity index (χ3n) is 2.76. The molecule has 1 aliphatic rings. The molecule has 1 aromatic rings. The Hall–Kier alpha value is -0.890. The fraction of sp³-hybridized carbons (Fsp3) is 0.500. The summed E-state index contributed by atoms with van der Waals surface area (Å²) >= 11 is 5.74. The molecule has 1 aromatic heterocycles. The lowest BCUT2D eigenvalue weighted by molar-refractivity contribution is 0.428. The zero-order chi connectivity index (χ0) is 13.2. The Kier molecular flexibility index (Phi) is 4.06. The van der Waals surface area contributed by atoms with E-state index in [1.807, 2.05) is 0 Å². The standard InChI is InChI=1S/C10H15ClN4O2S/c11-7-4-9(10(12)14-5-7)18(16,17)15-8-2-1-3-13-6-8/h4-5,8,13,15H,1-3,6H2,(H2,12,14)/t8-/m0/s1. The van der Waals surface area contributed by atoms with Gasteiger partial charge in [-0.25, -0.2) is 18.1 Å². The highest BCUT2D eigenvalue weighted by atomic mass is 35.5. The number of nitrogens with zero attached hydrogens (tertiary/aromatic N) is 1. The predicted molar refractivity (Wildman–Crippen MR) is 69.9 cm³/mol. The van der Waals surface area contributed by atoms with E-state index in [-0.39, 0.29) is 21.8 Å². The SMILES string of the molecule is Nc1ncc(Cl)cc1S(=O)(=O)N[C@H]1CCCNC1. The van der Waals surface area contributed by atoms with Crippen molar-refractivity contribution in [2.75, 3.05) is 18.8 Å². The molecule has 1 atom stereocenters. The van der Waals surface area contributed by atoms with E-state index in [9.17, 15) is 8.42 Å². The molecule has 4 N–H and O–H groups in total. The number of halogens is 1. The van der Waals surface area contributed by atoms with E-state index in [1.165, 1.54) is 12.3 Å². The number of pyridine rings is 1. The highest BCUT2D eigenvalue weighted by Gasteiger charge is 2.24. The summed E-state index contributed by atoms with van der Waals surface area (Å²) in [4.78, 5) is 3.68. The van der Waals surface area contributed by atoms with Gasteiger partial charge < -0.3 is 11.1 Å². The summed E-state index contributed by atoms with van der Waals surface area (Å²) < 4.78 is 26.9. The number of sulfonamides is 1. The van der Waals surface area contributed by atoms with Crippen LogP contribution in [0.15, 0.2) is 17.2 Å². The van der Waals surface area contributed by atoms with Crippen molar-refractivity contribution in [3.63, 3.8) is 0 Å². The monoisotopic (exact) mass is 290 g/mol. The molecule has 0 amide bonds. The van der Waals surface area contributed by atoms with Gasteiger partial charge in [0.2, 0.25) is 10.0 Å². The van der Waals surface area contributed by atoms with E-state index in [0.717, 1.165) is 19.4 Å². The highest BCUT2D eigenvalue weighted by Crippen LogP contribution is 2.20. The second-order valence-corrected chi connectivity index (χ2v) is 6.32. The maximum atomic E-state index is 12.2. The summed E-state index contributed by atoms with van der Waals surface area (Å²) in [5.41, 5.74) is 5.58. The molecule has 0 radical (unpaired) electrons. The number of hydrogen-bond donors (Lipinski definition) is 3. The zero-order valence-electron chi connectivity index (χ0n) is 9.69. The minimum Gasteiger partial charge on any atom is -0.383 e. The lowest BCUT2D eigenvalue weighted by Gasteiger charge is -2.23. The number of anilines is 1. The van der Waals surface area contributed by atoms with Crippen molar-refractivity contribution < 1.29 is 8.42 Å². The van der Waals surface area contributed by atoms with Gasteiger partial charge in [-0.3, -0.25) is 0 Å². The first kappa shape index (κ1) is 13.5. The van der Waals surface area contributed by atoms with Crippen LogP contribution in [-0.2, 0) is 10.0 Å². The molecule has 1 fully saturated rings. The number of rotatable bonds is 3. The Balaban J connectivity index is 2.21. The molecule has 1 saturated heterocycles. The molecule has 0 aliphatic carbocycles. The van der Waals surface area contributed by atoms with Gasteiger partial charge >= 0.3 is 0 Å². The van der Waals surface area contributed by atoms with Crippen LogP contribution in [0, 0.1) is 0 Å². The average molecular weight is 291 g/mol. The van der Waals surface area contributed by atoms with Gasteiger partial charge in [0.25, 0.3) is 0 Å². The number of nitrogen functional groups attached to an aromatic ring is 1. The second kappa shape index (κ2) is 5.40. The van der Waals surface area contributed by atoms with E-state index >= 15 is 0 Å². The van der Waals surface area contributed by atoms with Crippen molar-refractivity contribution in [3.8, 4) is 0 Å². The Morgan fingerprint density at radius 1 is 1.56 bits per heavy atom. The number of aromatic nitrogens is 1. The van der Waals surface area contributed by atoms with Crippen LogP contribution in [0.4, 0.5) is 5.82 Å². The molecule has 18 heavy (non-hydrogen) atoms. The molecule has 0 spiro atoms. The largest absolute Gasteiger partial charge is 0.383 e. The minimum atomic E-state index is -3.68. The summed E-state index contributed by atoms with van der Waals surface area (Å²) in [7, 11) is -3.68. The van der Waals surface area contributed by atoms with Gasteiger partial charge in [0.15, 0.2) is 0 Å². The van der Waals surface area contributed by atoms with E-state index < -0.39 is 10.0 Å². The van der Waals surface area contributed by atoms with Gasteiger partial charge in [-0.15, -0.1) is 0 Å². The van der Waals surface area contributed by atoms with Crippen LogP contribution in [0.1, 0.15) is 12.8 Å². The van der Waals surface area contributed by atoms with Crippen LogP contribution in [0.3, 0.4) is 0 Å². The fourth-order valence-corrected chi connectivity index (χ4v) is 3.48. The lowest BCUT2D eigenvalue weighted by atomic mass is 10.1. The average Bonchev–Trinajstić information content (AvgIpc) is 2.33. The second-order valence-electron chi connectivity index (χ2n) is 4.20. The minimum absolute atomic E-state index is 0.0457. The maximum Gasteiger partial charge on any atom is 0.244 e. The molecule has 2 rings (SSSR count). The van der Waals surface area contributed by atoms with Crippen molar-refractivity contribution in [2.45, 2.75) is 23.8 Å². The van der Waals surface area contributed by atoms with Crippen molar-refractivity contribution in [2.24, 2.45) is 0 Å². The summed E-state index contributed by atoms with van der Waals surface area (Å²) in [6.45, 7) is 1.53. The van der Waals surface area contributed by atoms with Gasteiger partial charge in [-0.1, -0.05) is 11.6 Å². The number of nitrogens with one attached hydrogen (secondary N) is 2. The molecule has 0 saturated carbocycles. The molecular weight excluding hydrogens is 276 g/mol. The van der Waals surface area contributed by atoms with Crippen LogP contribution in [0.2, 0.25) is 5.02 Å². The summed E-state index contributed by atoms with van der Waals surface area (Å²) in [6.07, 6.45) is 3.06. The van der Waals surface area contributed by atoms with Crippen LogP contribution >= 0.6 is 11.6 Å². The van der Waals surface area contributed by atoms with Crippen LogP contribution in [0.25, 0.3) is 0 Å². The third kappa shape index (κ3) is 3.11. The third-order valence-corrected chi connectivity index (χ3v) is 4.51. The van der Waals surface area contributed by atoms with Crippen molar-refractivity contribution in [1.29, 1.82) is 0 Å². The Morgan fingerprint density at radius 2 is 2.33 bits per heavy atom. The Morgan fingerprint density at radius 3 is 3.00 bits per heavy atom. The van der Waals surface area contributed by atoms with E-state index in [2.05, 4.69) is 15.0 Å². The Bertz CT molecular complexity index is 529. The fourth-order valence-electron chi connectivity index (χ4n) is 1.88. The summed E-state index contributed by atoms with van der Waals surface area (Å²) in [5, 5.41) is 3.38. The molecule has 0 bridgehead atoms. The normalized spacial score (nSPS) is 20.8. The molecule has 8 heteroatoms. The quantitative estimate of drug-likeness (QED) is 0.746. The molecule has 6 nitrogen and oxygen atoms in total. The lowest BCUT2D eigenvalue weighted by Crippen LogP contribution is -2.45. The van der Waals surface area contributed by atoms with Crippen molar-refractivity contribution in [3.05, 3.63) is 17.3 Å². The van der Waals surface area contributed by atoms with Gasteiger partial charge in [0.05, 0.1) is 5.02 Å². The van der Waals surface area contributed by atoms with Crippen LogP contribution in [0.5, 0.6) is 0 Å². The number of nitrogens with two attached hydrogens (primary N) is 1. The van der Waals surface area contributed by atoms with Gasteiger partial charge in [0, 0.05) is 18.8 Å². The van der Waals surface area contributed by atoms with E-state index in [0.29, 0.717) is 6.54 Å². The van der Waals surface area contributed by atoms with Gasteiger partial charge in [-0.2, -0.15) is 0 Å². The maximum absolute atomic E-state index is 12.2. The van der Waals surface area contributed by atoms with Crippen LogP contribution < -0.4 is 15.8 Å². The Labute approximate surface area is 111 Å². The first-order chi connectivity index (χ1) is 8.49. The molecule has 0 aromatic carbocycles. The van der Waals surface area contributed by atoms with Gasteiger partial charge in [0.1, 0.15) is 10.7 Å². The van der Waals surface area contributed by atoms with Crippen molar-refractivity contribution in [1.82, 2.24) is 15.0 Å². The zero-order valence-corrected chi connectivity index (χ0v) is 11.3. The summed E-state index contributed by atoms with van der Waals surface area (Å²) in [6, 6.07) is 1.18. The molecule has 2 heterocycles. The van der Waals surface area contributed by atoms with Gasteiger partial charge in [-0.05, 0) is 25.5 Å². The van der Waals surface area contributed by atoms with E-state index in [4.69, 9.17) is 17.3 Å². The molecule has 100 valence electrons. The first-order valence-corrected chi connectivity index (χ1v) is 7.49. The molecule has 1 aliphatic heterocycles. The highest BCUT2D eigenvalue weighted by molar-refractivity contribution is 7.89. The van der Waals surface area contributed by atoms with Crippen molar-refractivity contribution >= 4 is 27.4 Å². The van der Waals surface area contributed by atoms with Crippen LogP contribution in [-0.4, -0.2) is 32.5 Å². The van der Waals surface area contributed by atoms with E-state index in [1.54, 1.807) is 0 Å². The number of piperidine rings is 1. The summed E-state index contributed by atoms with van der Waals surface area (Å²) in [5.74, 6) is -0.0457. The molecular formula is C10H15ClN4O2S. The smallest absolute Gasteiger partial charge is 0.244 e.